The third-order valence-corrected chi connectivity index (χ3v) is 3.76. The Morgan fingerprint density at radius 3 is 1.56 bits per heavy atom. The van der Waals surface area contributed by atoms with Gasteiger partial charge < -0.3 is 20.6 Å². The SMILES string of the molecule is NCCN1CCCCC1.OCCN1CCCCC1. The minimum atomic E-state index is 0.319. The van der Waals surface area contributed by atoms with Gasteiger partial charge in [0.05, 0.1) is 6.61 Å². The maximum atomic E-state index is 8.58. The van der Waals surface area contributed by atoms with E-state index in [1.807, 2.05) is 0 Å². The van der Waals surface area contributed by atoms with E-state index in [0.29, 0.717) is 6.61 Å². The maximum absolute atomic E-state index is 8.58. The molecule has 0 aromatic heterocycles. The van der Waals surface area contributed by atoms with Crippen LogP contribution in [0.5, 0.6) is 0 Å². The monoisotopic (exact) mass is 257 g/mol. The molecule has 2 saturated heterocycles. The van der Waals surface area contributed by atoms with Gasteiger partial charge in [-0.25, -0.2) is 0 Å². The van der Waals surface area contributed by atoms with Crippen LogP contribution in [0.4, 0.5) is 0 Å². The van der Waals surface area contributed by atoms with Crippen LogP contribution in [-0.4, -0.2) is 67.3 Å². The number of aliphatic hydroxyl groups is 1. The minimum Gasteiger partial charge on any atom is -0.395 e. The van der Waals surface area contributed by atoms with E-state index in [2.05, 4.69) is 9.80 Å². The number of nitrogens with two attached hydrogens (primary N) is 1. The van der Waals surface area contributed by atoms with Crippen LogP contribution in [0.3, 0.4) is 0 Å². The fourth-order valence-electron chi connectivity index (χ4n) is 2.69. The van der Waals surface area contributed by atoms with Crippen LogP contribution in [-0.2, 0) is 0 Å². The highest BCUT2D eigenvalue weighted by Crippen LogP contribution is 2.07. The summed E-state index contributed by atoms with van der Waals surface area (Å²) in [7, 11) is 0. The van der Waals surface area contributed by atoms with E-state index in [4.69, 9.17) is 10.8 Å². The summed E-state index contributed by atoms with van der Waals surface area (Å²) in [4.78, 5) is 4.77. The highest BCUT2D eigenvalue weighted by atomic mass is 16.3. The smallest absolute Gasteiger partial charge is 0.0558 e. The Hall–Kier alpha value is -0.160. The molecule has 4 heteroatoms. The molecule has 0 radical (unpaired) electrons. The summed E-state index contributed by atoms with van der Waals surface area (Å²) in [5, 5.41) is 8.58. The third kappa shape index (κ3) is 7.31. The quantitative estimate of drug-likeness (QED) is 0.785. The number of rotatable bonds is 4. The first kappa shape index (κ1) is 15.9. The molecule has 0 aromatic rings. The average molecular weight is 257 g/mol. The second kappa shape index (κ2) is 10.7. The highest BCUT2D eigenvalue weighted by Gasteiger charge is 2.08. The van der Waals surface area contributed by atoms with Gasteiger partial charge in [-0.1, -0.05) is 12.8 Å². The largest absolute Gasteiger partial charge is 0.395 e. The number of aliphatic hydroxyl groups excluding tert-OH is 1. The first-order chi connectivity index (χ1) is 8.86. The van der Waals surface area contributed by atoms with Crippen LogP contribution in [0.2, 0.25) is 0 Å². The average Bonchev–Trinajstić information content (AvgIpc) is 2.43. The molecular weight excluding hydrogens is 226 g/mol. The topological polar surface area (TPSA) is 52.7 Å². The molecule has 0 saturated carbocycles. The summed E-state index contributed by atoms with van der Waals surface area (Å²) in [5.74, 6) is 0. The molecule has 2 fully saturated rings. The van der Waals surface area contributed by atoms with Crippen molar-refractivity contribution >= 4 is 0 Å². The Morgan fingerprint density at radius 1 is 0.722 bits per heavy atom. The highest BCUT2D eigenvalue weighted by molar-refractivity contribution is 4.64. The molecule has 0 aromatic carbocycles. The standard InChI is InChI=1S/C7H16N2.C7H15NO/c8-4-7-9-5-2-1-3-6-9;9-7-6-8-4-2-1-3-5-8/h1-8H2;9H,1-7H2. The molecular formula is C14H31N3O. The zero-order valence-corrected chi connectivity index (χ0v) is 11.8. The van der Waals surface area contributed by atoms with Gasteiger partial charge in [-0.2, -0.15) is 0 Å². The van der Waals surface area contributed by atoms with Crippen molar-refractivity contribution in [2.24, 2.45) is 5.73 Å². The van der Waals surface area contributed by atoms with Crippen LogP contribution < -0.4 is 5.73 Å². The number of hydrogen-bond acceptors (Lipinski definition) is 4. The number of β-amino-alcohol motifs (C(OH)–C–C–N with tert-alkyl or cyclic N) is 1. The zero-order chi connectivity index (χ0) is 13.1. The van der Waals surface area contributed by atoms with Gasteiger partial charge in [0.2, 0.25) is 0 Å². The molecule has 0 aliphatic carbocycles. The van der Waals surface area contributed by atoms with Crippen LogP contribution >= 0.6 is 0 Å². The fourth-order valence-corrected chi connectivity index (χ4v) is 2.69. The Balaban J connectivity index is 0.000000180. The minimum absolute atomic E-state index is 0.319. The van der Waals surface area contributed by atoms with Crippen LogP contribution in [0.15, 0.2) is 0 Å². The second-order valence-electron chi connectivity index (χ2n) is 5.32. The Labute approximate surface area is 112 Å². The molecule has 2 heterocycles. The predicted octanol–water partition coefficient (Wildman–Crippen LogP) is 0.896. The van der Waals surface area contributed by atoms with E-state index in [1.165, 1.54) is 64.7 Å². The zero-order valence-electron chi connectivity index (χ0n) is 11.8. The molecule has 0 amide bonds. The molecule has 108 valence electrons. The van der Waals surface area contributed by atoms with Crippen molar-refractivity contribution in [1.82, 2.24) is 9.80 Å². The molecule has 0 unspecified atom stereocenters. The van der Waals surface area contributed by atoms with E-state index >= 15 is 0 Å². The third-order valence-electron chi connectivity index (χ3n) is 3.76. The fraction of sp³-hybridized carbons (Fsp3) is 1.00. The van der Waals surface area contributed by atoms with Gasteiger partial charge in [0.25, 0.3) is 0 Å². The molecule has 0 spiro atoms. The summed E-state index contributed by atoms with van der Waals surface area (Å²) < 4.78 is 0. The molecule has 0 atom stereocenters. The molecule has 2 aliphatic heterocycles. The lowest BCUT2D eigenvalue weighted by Crippen LogP contribution is -2.33. The van der Waals surface area contributed by atoms with Crippen molar-refractivity contribution in [3.8, 4) is 0 Å². The Morgan fingerprint density at radius 2 is 1.17 bits per heavy atom. The van der Waals surface area contributed by atoms with Gasteiger partial charge in [-0.3, -0.25) is 0 Å². The maximum Gasteiger partial charge on any atom is 0.0558 e. The molecule has 2 rings (SSSR count). The second-order valence-corrected chi connectivity index (χ2v) is 5.32. The van der Waals surface area contributed by atoms with Crippen molar-refractivity contribution < 1.29 is 5.11 Å². The summed E-state index contributed by atoms with van der Waals surface area (Å²) in [6.45, 7) is 8.05. The van der Waals surface area contributed by atoms with Crippen molar-refractivity contribution in [1.29, 1.82) is 0 Å². The van der Waals surface area contributed by atoms with Crippen molar-refractivity contribution in [3.63, 3.8) is 0 Å². The summed E-state index contributed by atoms with van der Waals surface area (Å²) >= 11 is 0. The van der Waals surface area contributed by atoms with Crippen molar-refractivity contribution in [2.75, 3.05) is 52.4 Å². The van der Waals surface area contributed by atoms with Gasteiger partial charge in [0.1, 0.15) is 0 Å². The van der Waals surface area contributed by atoms with E-state index in [1.54, 1.807) is 0 Å². The normalized spacial score (nSPS) is 22.3. The van der Waals surface area contributed by atoms with Gasteiger partial charge in [-0.05, 0) is 51.9 Å². The number of likely N-dealkylation sites (tertiary alicyclic amines) is 2. The number of hydrogen-bond donors (Lipinski definition) is 2. The van der Waals surface area contributed by atoms with Gasteiger partial charge >= 0.3 is 0 Å². The van der Waals surface area contributed by atoms with Gasteiger partial charge in [0, 0.05) is 19.6 Å². The first-order valence-corrected chi connectivity index (χ1v) is 7.62. The van der Waals surface area contributed by atoms with Gasteiger partial charge in [-0.15, -0.1) is 0 Å². The summed E-state index contributed by atoms with van der Waals surface area (Å²) in [6, 6.07) is 0. The molecule has 2 aliphatic rings. The van der Waals surface area contributed by atoms with E-state index < -0.39 is 0 Å². The Bertz CT molecular complexity index is 152. The number of piperidine rings is 2. The van der Waals surface area contributed by atoms with E-state index in [-0.39, 0.29) is 0 Å². The Kier molecular flexibility index (Phi) is 9.48. The number of nitrogens with zero attached hydrogens (tertiary/aromatic N) is 2. The lowest BCUT2D eigenvalue weighted by atomic mass is 10.1. The molecule has 18 heavy (non-hydrogen) atoms. The van der Waals surface area contributed by atoms with E-state index in [0.717, 1.165) is 19.6 Å². The summed E-state index contributed by atoms with van der Waals surface area (Å²) in [5.41, 5.74) is 5.42. The van der Waals surface area contributed by atoms with Crippen LogP contribution in [0.25, 0.3) is 0 Å². The molecule has 3 N–H and O–H groups in total. The van der Waals surface area contributed by atoms with Crippen molar-refractivity contribution in [2.45, 2.75) is 38.5 Å². The van der Waals surface area contributed by atoms with Crippen molar-refractivity contribution in [3.05, 3.63) is 0 Å². The molecule has 4 nitrogen and oxygen atoms in total. The lowest BCUT2D eigenvalue weighted by molar-refractivity contribution is 0.173. The molecule has 0 bridgehead atoms. The predicted molar refractivity (Wildman–Crippen MR) is 76.7 cm³/mol. The lowest BCUT2D eigenvalue weighted by Gasteiger charge is -2.25. The van der Waals surface area contributed by atoms with Crippen LogP contribution in [0, 0.1) is 0 Å². The summed E-state index contributed by atoms with van der Waals surface area (Å²) in [6.07, 6.45) is 8.18. The first-order valence-electron chi connectivity index (χ1n) is 7.62. The van der Waals surface area contributed by atoms with Crippen LogP contribution in [0.1, 0.15) is 38.5 Å². The van der Waals surface area contributed by atoms with Gasteiger partial charge in [0.15, 0.2) is 0 Å². The van der Waals surface area contributed by atoms with E-state index in [9.17, 15) is 0 Å².